The lowest BCUT2D eigenvalue weighted by molar-refractivity contribution is -0.131. The third kappa shape index (κ3) is 4.22. The van der Waals surface area contributed by atoms with Crippen LogP contribution in [0.2, 0.25) is 0 Å². The Kier molecular flexibility index (Phi) is 5.86. The predicted molar refractivity (Wildman–Crippen MR) is 46.4 cm³/mol. The molecule has 0 heterocycles. The van der Waals surface area contributed by atoms with Crippen LogP contribution in [0.5, 0.6) is 0 Å². The molecule has 6 nitrogen and oxygen atoms in total. The highest BCUT2D eigenvalue weighted by atomic mass is 16.5. The van der Waals surface area contributed by atoms with E-state index in [-0.39, 0.29) is 6.61 Å². The molecule has 0 aliphatic heterocycles. The summed E-state index contributed by atoms with van der Waals surface area (Å²) >= 11 is 0. The molecule has 0 spiro atoms. The molecule has 4 N–H and O–H groups in total. The summed E-state index contributed by atoms with van der Waals surface area (Å²) in [5, 5.41) is 34.7. The van der Waals surface area contributed by atoms with Crippen molar-refractivity contribution < 1.29 is 30.0 Å². The van der Waals surface area contributed by atoms with Crippen molar-refractivity contribution in [1.82, 2.24) is 0 Å². The Labute approximate surface area is 81.1 Å². The molecule has 0 atom stereocenters. The van der Waals surface area contributed by atoms with E-state index in [0.29, 0.717) is 0 Å². The van der Waals surface area contributed by atoms with E-state index in [1.165, 1.54) is 0 Å². The molecule has 0 bridgehead atoms. The number of aliphatic hydroxyl groups excluding tert-OH is 3. The van der Waals surface area contributed by atoms with Crippen LogP contribution in [-0.4, -0.2) is 52.8 Å². The van der Waals surface area contributed by atoms with Crippen molar-refractivity contribution >= 4 is 5.97 Å². The highest BCUT2D eigenvalue weighted by Crippen LogP contribution is 2.14. The van der Waals surface area contributed by atoms with Gasteiger partial charge >= 0.3 is 5.97 Å². The fourth-order valence-electron chi connectivity index (χ4n) is 0.618. The molecule has 6 heteroatoms. The summed E-state index contributed by atoms with van der Waals surface area (Å²) in [7, 11) is 0. The Bertz CT molecular complexity index is 188. The maximum Gasteiger partial charge on any atom is 0.331 e. The molecule has 0 aromatic heterocycles. The number of carboxylic acid groups (broad SMARTS) is 1. The van der Waals surface area contributed by atoms with Gasteiger partial charge in [-0.15, -0.1) is 0 Å². The summed E-state index contributed by atoms with van der Waals surface area (Å²) < 4.78 is 4.74. The van der Waals surface area contributed by atoms with Crippen LogP contribution in [0.25, 0.3) is 0 Å². The molecule has 0 fully saturated rings. The van der Waals surface area contributed by atoms with Gasteiger partial charge in [-0.1, -0.05) is 0 Å². The zero-order chi connectivity index (χ0) is 11.0. The number of carboxylic acids is 1. The molecule has 0 saturated carbocycles. The van der Waals surface area contributed by atoms with Gasteiger partial charge in [0.05, 0.1) is 44.2 Å². The summed E-state index contributed by atoms with van der Waals surface area (Å²) in [6.45, 7) is -1.48. The summed E-state index contributed by atoms with van der Waals surface area (Å²) in [6.07, 6.45) is 1.70. The van der Waals surface area contributed by atoms with Crippen molar-refractivity contribution in [2.45, 2.75) is 0 Å². The molecule has 0 rings (SSSR count). The molecule has 14 heavy (non-hydrogen) atoms. The number of ether oxygens (including phenoxy) is 1. The summed E-state index contributed by atoms with van der Waals surface area (Å²) in [6, 6.07) is 0. The second kappa shape index (κ2) is 6.36. The van der Waals surface area contributed by atoms with Crippen LogP contribution >= 0.6 is 0 Å². The zero-order valence-corrected chi connectivity index (χ0v) is 7.59. The highest BCUT2D eigenvalue weighted by molar-refractivity contribution is 5.79. The molecule has 0 aliphatic carbocycles. The minimum Gasteiger partial charge on any atom is -0.500 e. The Morgan fingerprint density at radius 2 is 1.71 bits per heavy atom. The van der Waals surface area contributed by atoms with Crippen LogP contribution in [0, 0.1) is 5.41 Å². The van der Waals surface area contributed by atoms with Gasteiger partial charge in [0.25, 0.3) is 0 Å². The van der Waals surface area contributed by atoms with E-state index in [1.54, 1.807) is 0 Å². The van der Waals surface area contributed by atoms with E-state index in [4.69, 9.17) is 25.2 Å². The number of hydrogen-bond donors (Lipinski definition) is 4. The van der Waals surface area contributed by atoms with E-state index in [9.17, 15) is 4.79 Å². The van der Waals surface area contributed by atoms with Gasteiger partial charge in [0.2, 0.25) is 0 Å². The van der Waals surface area contributed by atoms with Crippen molar-refractivity contribution in [3.8, 4) is 0 Å². The minimum atomic E-state index is -1.16. The van der Waals surface area contributed by atoms with E-state index in [1.807, 2.05) is 0 Å². The fraction of sp³-hybridized carbons (Fsp3) is 0.625. The van der Waals surface area contributed by atoms with E-state index >= 15 is 0 Å². The lowest BCUT2D eigenvalue weighted by Gasteiger charge is -2.25. The number of carbonyl (C=O) groups is 1. The highest BCUT2D eigenvalue weighted by Gasteiger charge is 2.28. The van der Waals surface area contributed by atoms with Gasteiger partial charge in [0.15, 0.2) is 0 Å². The number of hydrogen-bond acceptors (Lipinski definition) is 5. The van der Waals surface area contributed by atoms with Crippen LogP contribution in [0.15, 0.2) is 12.3 Å². The average molecular weight is 206 g/mol. The summed E-state index contributed by atoms with van der Waals surface area (Å²) in [4.78, 5) is 10.0. The van der Waals surface area contributed by atoms with Crippen LogP contribution in [-0.2, 0) is 9.53 Å². The quantitative estimate of drug-likeness (QED) is 0.300. The number of rotatable bonds is 7. The van der Waals surface area contributed by atoms with Crippen LogP contribution in [0.4, 0.5) is 0 Å². The first-order valence-corrected chi connectivity index (χ1v) is 3.94. The van der Waals surface area contributed by atoms with E-state index in [0.717, 1.165) is 12.3 Å². The average Bonchev–Trinajstić information content (AvgIpc) is 2.19. The first kappa shape index (κ1) is 12.9. The Morgan fingerprint density at radius 1 is 1.21 bits per heavy atom. The predicted octanol–water partition coefficient (Wildman–Crippen LogP) is -1.44. The third-order valence-electron chi connectivity index (χ3n) is 1.70. The van der Waals surface area contributed by atoms with Crippen LogP contribution < -0.4 is 0 Å². The summed E-state index contributed by atoms with van der Waals surface area (Å²) in [5.41, 5.74) is -1.14. The van der Waals surface area contributed by atoms with Gasteiger partial charge in [0, 0.05) is 0 Å². The van der Waals surface area contributed by atoms with Gasteiger partial charge in [-0.25, -0.2) is 4.79 Å². The van der Waals surface area contributed by atoms with Crippen molar-refractivity contribution in [3.63, 3.8) is 0 Å². The molecule has 82 valence electrons. The summed E-state index contributed by atoms with van der Waals surface area (Å²) in [5.74, 6) is -1.16. The van der Waals surface area contributed by atoms with Crippen LogP contribution in [0.1, 0.15) is 0 Å². The molecule has 0 aromatic rings. The van der Waals surface area contributed by atoms with Crippen molar-refractivity contribution in [3.05, 3.63) is 12.3 Å². The van der Waals surface area contributed by atoms with Gasteiger partial charge < -0.3 is 25.2 Å². The molecular formula is C8H14O6. The smallest absolute Gasteiger partial charge is 0.331 e. The largest absolute Gasteiger partial charge is 0.500 e. The first-order chi connectivity index (χ1) is 6.60. The van der Waals surface area contributed by atoms with Gasteiger partial charge in [0.1, 0.15) is 0 Å². The second-order valence-electron chi connectivity index (χ2n) is 2.93. The topological polar surface area (TPSA) is 107 Å². The lowest BCUT2D eigenvalue weighted by Crippen LogP contribution is -2.38. The Balaban J connectivity index is 4.00. The normalized spacial score (nSPS) is 11.9. The van der Waals surface area contributed by atoms with Gasteiger partial charge in [-0.05, 0) is 0 Å². The van der Waals surface area contributed by atoms with Crippen LogP contribution in [0.3, 0.4) is 0 Å². The monoisotopic (exact) mass is 206 g/mol. The van der Waals surface area contributed by atoms with Crippen molar-refractivity contribution in [1.29, 1.82) is 0 Å². The molecular weight excluding hydrogens is 192 g/mol. The maximum absolute atomic E-state index is 10.0. The minimum absolute atomic E-state index is 0.153. The fourth-order valence-corrected chi connectivity index (χ4v) is 0.618. The molecule has 0 aliphatic rings. The SMILES string of the molecule is O=C(O)C=COCC(CO)(CO)CO. The molecule has 0 amide bonds. The molecule has 0 radical (unpaired) electrons. The molecule has 0 aromatic carbocycles. The number of aliphatic carboxylic acids is 1. The second-order valence-corrected chi connectivity index (χ2v) is 2.93. The third-order valence-corrected chi connectivity index (χ3v) is 1.70. The van der Waals surface area contributed by atoms with Crippen molar-refractivity contribution in [2.75, 3.05) is 26.4 Å². The van der Waals surface area contributed by atoms with Gasteiger partial charge in [-0.2, -0.15) is 0 Å². The molecule has 0 saturated heterocycles. The zero-order valence-electron chi connectivity index (χ0n) is 7.59. The molecule has 0 unspecified atom stereocenters. The van der Waals surface area contributed by atoms with Gasteiger partial charge in [-0.3, -0.25) is 0 Å². The Hall–Kier alpha value is -1.11. The first-order valence-electron chi connectivity index (χ1n) is 3.94. The Morgan fingerprint density at radius 3 is 2.07 bits per heavy atom. The van der Waals surface area contributed by atoms with E-state index < -0.39 is 31.2 Å². The maximum atomic E-state index is 10.0. The lowest BCUT2D eigenvalue weighted by atomic mass is 9.93. The number of aliphatic hydroxyl groups is 3. The standard InChI is InChI=1S/C8H14O6/c9-3-8(4-10,5-11)6-14-2-1-7(12)13/h1-2,9-11H,3-6H2,(H,12,13). The van der Waals surface area contributed by atoms with Crippen molar-refractivity contribution in [2.24, 2.45) is 5.41 Å². The van der Waals surface area contributed by atoms with E-state index in [2.05, 4.69) is 0 Å².